The Bertz CT molecular complexity index is 227. The zero-order valence-electron chi connectivity index (χ0n) is 9.20. The minimum absolute atomic E-state index is 0.727. The largest absolute Gasteiger partial charge is 0.380 e. The average molecular weight is 229 g/mol. The fraction of sp³-hybridized carbons (Fsp3) is 0.636. The summed E-state index contributed by atoms with van der Waals surface area (Å²) in [5.74, 6) is 0. The van der Waals surface area contributed by atoms with Crippen molar-refractivity contribution in [3.63, 3.8) is 0 Å². The van der Waals surface area contributed by atoms with E-state index in [2.05, 4.69) is 16.8 Å². The highest BCUT2D eigenvalue weighted by Gasteiger charge is 1.93. The smallest absolute Gasteiger partial charge is 0.0809 e. The van der Waals surface area contributed by atoms with Crippen molar-refractivity contribution in [2.45, 2.75) is 13.5 Å². The van der Waals surface area contributed by atoms with Crippen LogP contribution in [-0.2, 0) is 16.1 Å². The third-order valence-corrected chi connectivity index (χ3v) is 2.72. The molecular weight excluding hydrogens is 210 g/mol. The molecule has 0 spiro atoms. The summed E-state index contributed by atoms with van der Waals surface area (Å²) in [6, 6.07) is 4.14. The van der Waals surface area contributed by atoms with E-state index < -0.39 is 0 Å². The van der Waals surface area contributed by atoms with E-state index in [1.54, 1.807) is 11.3 Å². The summed E-state index contributed by atoms with van der Waals surface area (Å²) in [7, 11) is 0. The van der Waals surface area contributed by atoms with Crippen LogP contribution in [-0.4, -0.2) is 32.9 Å². The highest BCUT2D eigenvalue weighted by molar-refractivity contribution is 7.09. The van der Waals surface area contributed by atoms with Crippen LogP contribution in [0.1, 0.15) is 11.8 Å². The Balaban J connectivity index is 1.81. The molecule has 1 aromatic heterocycles. The van der Waals surface area contributed by atoms with Crippen molar-refractivity contribution in [1.29, 1.82) is 0 Å². The lowest BCUT2D eigenvalue weighted by atomic mass is 10.5. The van der Waals surface area contributed by atoms with Gasteiger partial charge < -0.3 is 14.8 Å². The first-order chi connectivity index (χ1) is 7.43. The van der Waals surface area contributed by atoms with Crippen LogP contribution in [0.4, 0.5) is 0 Å². The molecule has 4 heteroatoms. The van der Waals surface area contributed by atoms with Crippen LogP contribution < -0.4 is 5.32 Å². The summed E-state index contributed by atoms with van der Waals surface area (Å²) >= 11 is 1.73. The van der Waals surface area contributed by atoms with Gasteiger partial charge in [0.2, 0.25) is 0 Å². The van der Waals surface area contributed by atoms with Crippen molar-refractivity contribution < 1.29 is 9.47 Å². The molecule has 1 heterocycles. The van der Waals surface area contributed by atoms with Gasteiger partial charge in [0.1, 0.15) is 0 Å². The van der Waals surface area contributed by atoms with E-state index in [0.29, 0.717) is 0 Å². The van der Waals surface area contributed by atoms with Crippen molar-refractivity contribution in [3.8, 4) is 0 Å². The Kier molecular flexibility index (Phi) is 7.47. The third-order valence-electron chi connectivity index (χ3n) is 1.87. The topological polar surface area (TPSA) is 30.5 Å². The summed E-state index contributed by atoms with van der Waals surface area (Å²) in [4.78, 5) is 1.28. The van der Waals surface area contributed by atoms with Gasteiger partial charge in [-0.3, -0.25) is 0 Å². The molecule has 0 fully saturated rings. The molecule has 0 amide bonds. The van der Waals surface area contributed by atoms with Gasteiger partial charge in [-0.15, -0.1) is 11.3 Å². The molecule has 1 N–H and O–H groups in total. The Morgan fingerprint density at radius 2 is 2.07 bits per heavy atom. The number of ether oxygens (including phenoxy) is 2. The summed E-state index contributed by atoms with van der Waals surface area (Å²) in [5, 5.41) is 5.32. The first kappa shape index (κ1) is 12.6. The fourth-order valence-corrected chi connectivity index (χ4v) is 1.77. The minimum atomic E-state index is 0.727. The average Bonchev–Trinajstić information content (AvgIpc) is 2.75. The lowest BCUT2D eigenvalue weighted by molar-refractivity contribution is 0.118. The van der Waals surface area contributed by atoms with Gasteiger partial charge >= 0.3 is 0 Å². The van der Waals surface area contributed by atoms with Crippen LogP contribution in [0.5, 0.6) is 0 Å². The monoisotopic (exact) mass is 229 g/mol. The van der Waals surface area contributed by atoms with E-state index in [1.807, 2.05) is 13.0 Å². The van der Waals surface area contributed by atoms with Gasteiger partial charge in [-0.2, -0.15) is 0 Å². The summed E-state index contributed by atoms with van der Waals surface area (Å²) in [5.41, 5.74) is 0. The third kappa shape index (κ3) is 6.62. The fourth-order valence-electron chi connectivity index (χ4n) is 1.13. The second-order valence-electron chi connectivity index (χ2n) is 3.08. The maximum atomic E-state index is 5.49. The molecule has 0 aliphatic carbocycles. The first-order valence-corrected chi connectivity index (χ1v) is 6.20. The van der Waals surface area contributed by atoms with Crippen molar-refractivity contribution in [3.05, 3.63) is 22.4 Å². The predicted molar refractivity (Wildman–Crippen MR) is 63.3 cm³/mol. The molecule has 0 bridgehead atoms. The molecule has 0 atom stereocenters. The first-order valence-electron chi connectivity index (χ1n) is 5.32. The molecule has 0 unspecified atom stereocenters. The van der Waals surface area contributed by atoms with Crippen molar-refractivity contribution in [1.82, 2.24) is 5.32 Å². The van der Waals surface area contributed by atoms with Crippen LogP contribution >= 0.6 is 11.3 Å². The van der Waals surface area contributed by atoms with E-state index in [1.165, 1.54) is 4.88 Å². The molecule has 15 heavy (non-hydrogen) atoms. The molecule has 0 radical (unpaired) electrons. The molecule has 0 aromatic carbocycles. The quantitative estimate of drug-likeness (QED) is 0.656. The van der Waals surface area contributed by atoms with Gasteiger partial charge in [0, 0.05) is 24.6 Å². The van der Waals surface area contributed by atoms with Gasteiger partial charge in [-0.1, -0.05) is 6.07 Å². The number of nitrogens with one attached hydrogen (secondary N) is 1. The predicted octanol–water partition coefficient (Wildman–Crippen LogP) is 1.89. The van der Waals surface area contributed by atoms with E-state index in [0.717, 1.165) is 39.5 Å². The molecular formula is C11H19NO2S. The normalized spacial score (nSPS) is 10.7. The molecule has 0 saturated carbocycles. The second-order valence-corrected chi connectivity index (χ2v) is 4.11. The van der Waals surface area contributed by atoms with Crippen LogP contribution in [0.25, 0.3) is 0 Å². The van der Waals surface area contributed by atoms with Crippen LogP contribution in [0.2, 0.25) is 0 Å². The Morgan fingerprint density at radius 1 is 1.27 bits per heavy atom. The lowest BCUT2D eigenvalue weighted by Crippen LogP contribution is -2.23. The number of rotatable bonds is 9. The van der Waals surface area contributed by atoms with E-state index >= 15 is 0 Å². The van der Waals surface area contributed by atoms with Gasteiger partial charge in [0.05, 0.1) is 19.8 Å². The maximum absolute atomic E-state index is 5.49. The highest BCUT2D eigenvalue weighted by Crippen LogP contribution is 2.08. The molecule has 0 aliphatic heterocycles. The van der Waals surface area contributed by atoms with Gasteiger partial charge in [0.15, 0.2) is 0 Å². The van der Waals surface area contributed by atoms with E-state index in [-0.39, 0.29) is 0 Å². The van der Waals surface area contributed by atoms with E-state index in [9.17, 15) is 0 Å². The second kappa shape index (κ2) is 8.85. The van der Waals surface area contributed by atoms with Crippen molar-refractivity contribution in [2.24, 2.45) is 0 Å². The zero-order chi connectivity index (χ0) is 10.8. The van der Waals surface area contributed by atoms with Crippen molar-refractivity contribution in [2.75, 3.05) is 32.9 Å². The maximum Gasteiger partial charge on any atom is 0.0809 e. The number of thiophene rings is 1. The van der Waals surface area contributed by atoms with Gasteiger partial charge in [0.25, 0.3) is 0 Å². The molecule has 1 aromatic rings. The SMILES string of the molecule is CCOCCNCCOCc1cccs1. The summed E-state index contributed by atoms with van der Waals surface area (Å²) < 4.78 is 10.7. The van der Waals surface area contributed by atoms with Crippen LogP contribution in [0, 0.1) is 0 Å². The zero-order valence-corrected chi connectivity index (χ0v) is 10.0. The summed E-state index contributed by atoms with van der Waals surface area (Å²) in [6.45, 7) is 6.84. The molecule has 86 valence electrons. The highest BCUT2D eigenvalue weighted by atomic mass is 32.1. The van der Waals surface area contributed by atoms with E-state index in [4.69, 9.17) is 9.47 Å². The standard InChI is InChI=1S/C11H19NO2S/c1-2-13-7-5-12-6-8-14-10-11-4-3-9-15-11/h3-4,9,12H,2,5-8,10H2,1H3. The lowest BCUT2D eigenvalue weighted by Gasteiger charge is -2.05. The Labute approximate surface area is 95.4 Å². The van der Waals surface area contributed by atoms with Gasteiger partial charge in [-0.05, 0) is 18.4 Å². The van der Waals surface area contributed by atoms with Gasteiger partial charge in [-0.25, -0.2) is 0 Å². The molecule has 3 nitrogen and oxygen atoms in total. The number of hydrogen-bond acceptors (Lipinski definition) is 4. The number of hydrogen-bond donors (Lipinski definition) is 1. The summed E-state index contributed by atoms with van der Waals surface area (Å²) in [6.07, 6.45) is 0. The van der Waals surface area contributed by atoms with Crippen LogP contribution in [0.15, 0.2) is 17.5 Å². The van der Waals surface area contributed by atoms with Crippen LogP contribution in [0.3, 0.4) is 0 Å². The molecule has 0 aliphatic rings. The Morgan fingerprint density at radius 3 is 2.73 bits per heavy atom. The molecule has 0 saturated heterocycles. The molecule has 1 rings (SSSR count). The minimum Gasteiger partial charge on any atom is -0.380 e. The van der Waals surface area contributed by atoms with Crippen molar-refractivity contribution >= 4 is 11.3 Å². The Hall–Kier alpha value is -0.420.